The lowest BCUT2D eigenvalue weighted by Crippen LogP contribution is -2.69. The molecule has 0 aromatic carbocycles. The molecule has 0 bridgehead atoms. The van der Waals surface area contributed by atoms with Crippen LogP contribution >= 0.6 is 0 Å². The number of nitrogens with one attached hydrogen (secondary N) is 1. The predicted molar refractivity (Wildman–Crippen MR) is 65.0 cm³/mol. The Morgan fingerprint density at radius 1 is 1.44 bits per heavy atom. The van der Waals surface area contributed by atoms with E-state index in [1.807, 2.05) is 13.8 Å². The second-order valence-corrected chi connectivity index (χ2v) is 5.02. The number of β-lactam (4-membered cyclic amide) rings is 1. The van der Waals surface area contributed by atoms with Gasteiger partial charge in [-0.1, -0.05) is 0 Å². The van der Waals surface area contributed by atoms with Gasteiger partial charge >= 0.3 is 0 Å². The van der Waals surface area contributed by atoms with Gasteiger partial charge in [0.15, 0.2) is 0 Å². The predicted octanol–water partition coefficient (Wildman–Crippen LogP) is -0.102. The summed E-state index contributed by atoms with van der Waals surface area (Å²) < 4.78 is 15.6. The van der Waals surface area contributed by atoms with Gasteiger partial charge in [0.1, 0.15) is 6.79 Å². The summed E-state index contributed by atoms with van der Waals surface area (Å²) in [4.78, 5) is 11.6. The van der Waals surface area contributed by atoms with E-state index >= 15 is 0 Å². The van der Waals surface area contributed by atoms with Crippen molar-refractivity contribution in [2.24, 2.45) is 5.92 Å². The molecule has 0 saturated carbocycles. The Balaban J connectivity index is 2.39. The van der Waals surface area contributed by atoms with Crippen molar-refractivity contribution in [3.8, 4) is 0 Å². The number of carbonyl (C=O) groups is 1. The first kappa shape index (κ1) is 15.4. The van der Waals surface area contributed by atoms with Gasteiger partial charge in [0, 0.05) is 7.11 Å². The number of aliphatic hydroxyl groups excluding tert-OH is 1. The molecule has 106 valence electrons. The van der Waals surface area contributed by atoms with E-state index in [1.165, 1.54) is 0 Å². The number of hydrogen-bond donors (Lipinski definition) is 2. The monoisotopic (exact) mass is 261 g/mol. The van der Waals surface area contributed by atoms with Crippen LogP contribution in [0.5, 0.6) is 0 Å². The average molecular weight is 261 g/mol. The summed E-state index contributed by atoms with van der Waals surface area (Å²) >= 11 is 0. The summed E-state index contributed by atoms with van der Waals surface area (Å²) in [7, 11) is 1.60. The molecule has 1 fully saturated rings. The summed E-state index contributed by atoms with van der Waals surface area (Å²) in [5.74, 6) is -0.452. The maximum absolute atomic E-state index is 11.6. The van der Waals surface area contributed by atoms with Crippen molar-refractivity contribution in [2.75, 3.05) is 27.1 Å². The van der Waals surface area contributed by atoms with Crippen molar-refractivity contribution >= 4 is 5.91 Å². The lowest BCUT2D eigenvalue weighted by Gasteiger charge is -2.46. The highest BCUT2D eigenvalue weighted by molar-refractivity contribution is 5.87. The molecule has 3 atom stereocenters. The number of ether oxygens (including phenoxy) is 3. The van der Waals surface area contributed by atoms with Crippen LogP contribution in [0.3, 0.4) is 0 Å². The second kappa shape index (κ2) is 6.47. The van der Waals surface area contributed by atoms with Gasteiger partial charge in [0.05, 0.1) is 36.9 Å². The van der Waals surface area contributed by atoms with E-state index in [-0.39, 0.29) is 24.7 Å². The molecule has 0 radical (unpaired) electrons. The number of hydrogen-bond acceptors (Lipinski definition) is 5. The molecular formula is C12H23NO5. The highest BCUT2D eigenvalue weighted by Gasteiger charge is 2.51. The van der Waals surface area contributed by atoms with Gasteiger partial charge in [-0.25, -0.2) is 0 Å². The van der Waals surface area contributed by atoms with Gasteiger partial charge < -0.3 is 24.6 Å². The second-order valence-electron chi connectivity index (χ2n) is 5.02. The first-order chi connectivity index (χ1) is 8.40. The van der Waals surface area contributed by atoms with Crippen LogP contribution < -0.4 is 5.32 Å². The average Bonchev–Trinajstić information content (AvgIpc) is 2.24. The summed E-state index contributed by atoms with van der Waals surface area (Å²) in [6.07, 6.45) is -0.593. The number of amides is 1. The summed E-state index contributed by atoms with van der Waals surface area (Å²) in [5, 5.41) is 12.2. The van der Waals surface area contributed by atoms with E-state index in [9.17, 15) is 9.90 Å². The molecule has 1 unspecified atom stereocenters. The van der Waals surface area contributed by atoms with Crippen molar-refractivity contribution in [3.05, 3.63) is 0 Å². The van der Waals surface area contributed by atoms with E-state index in [4.69, 9.17) is 14.2 Å². The minimum Gasteiger partial charge on any atom is -0.391 e. The molecule has 0 spiro atoms. The lowest BCUT2D eigenvalue weighted by molar-refractivity contribution is -0.185. The molecule has 1 heterocycles. The Labute approximate surface area is 108 Å². The van der Waals surface area contributed by atoms with Crippen LogP contribution in [-0.2, 0) is 19.0 Å². The molecule has 1 aliphatic heterocycles. The standard InChI is InChI=1S/C12H23NO5/c1-8(14)10-9(11(15)13-10)12(2,3)18-7-17-6-5-16-4/h8-10,14H,5-7H2,1-4H3,(H,13,15)/t8?,9-,10+/m1/s1. The maximum atomic E-state index is 11.6. The van der Waals surface area contributed by atoms with Crippen LogP contribution in [0.1, 0.15) is 20.8 Å². The van der Waals surface area contributed by atoms with E-state index < -0.39 is 11.7 Å². The van der Waals surface area contributed by atoms with E-state index in [2.05, 4.69) is 5.32 Å². The minimum absolute atomic E-state index is 0.0946. The van der Waals surface area contributed by atoms with Crippen molar-refractivity contribution in [1.82, 2.24) is 5.32 Å². The molecule has 18 heavy (non-hydrogen) atoms. The van der Waals surface area contributed by atoms with E-state index in [0.29, 0.717) is 13.2 Å². The van der Waals surface area contributed by atoms with Crippen LogP contribution in [0, 0.1) is 5.92 Å². The molecule has 0 aromatic heterocycles. The van der Waals surface area contributed by atoms with Crippen molar-refractivity contribution in [1.29, 1.82) is 0 Å². The molecular weight excluding hydrogens is 238 g/mol. The number of methoxy groups -OCH3 is 1. The maximum Gasteiger partial charge on any atom is 0.228 e. The van der Waals surface area contributed by atoms with E-state index in [1.54, 1.807) is 14.0 Å². The quantitative estimate of drug-likeness (QED) is 0.362. The third-order valence-corrected chi connectivity index (χ3v) is 3.17. The Hall–Kier alpha value is -0.690. The number of rotatable bonds is 8. The first-order valence-corrected chi connectivity index (χ1v) is 6.09. The molecule has 1 amide bonds. The van der Waals surface area contributed by atoms with Crippen LogP contribution in [0.2, 0.25) is 0 Å². The van der Waals surface area contributed by atoms with Crippen LogP contribution in [-0.4, -0.2) is 55.9 Å². The molecule has 6 nitrogen and oxygen atoms in total. The summed E-state index contributed by atoms with van der Waals surface area (Å²) in [5.41, 5.74) is -0.670. The highest BCUT2D eigenvalue weighted by Crippen LogP contribution is 2.32. The Bertz CT molecular complexity index is 280. The normalized spacial score (nSPS) is 25.5. The van der Waals surface area contributed by atoms with Crippen molar-refractivity contribution < 1.29 is 24.1 Å². The minimum atomic E-state index is -0.670. The van der Waals surface area contributed by atoms with Crippen LogP contribution in [0.25, 0.3) is 0 Å². The smallest absolute Gasteiger partial charge is 0.228 e. The molecule has 0 aromatic rings. The Kier molecular flexibility index (Phi) is 5.52. The zero-order valence-electron chi connectivity index (χ0n) is 11.4. The summed E-state index contributed by atoms with van der Waals surface area (Å²) in [6, 6.07) is -0.258. The van der Waals surface area contributed by atoms with Crippen LogP contribution in [0.15, 0.2) is 0 Å². The molecule has 1 rings (SSSR count). The van der Waals surface area contributed by atoms with Gasteiger partial charge in [-0.15, -0.1) is 0 Å². The Morgan fingerprint density at radius 3 is 2.61 bits per heavy atom. The van der Waals surface area contributed by atoms with E-state index in [0.717, 1.165) is 0 Å². The largest absolute Gasteiger partial charge is 0.391 e. The van der Waals surface area contributed by atoms with Gasteiger partial charge in [0.2, 0.25) is 5.91 Å². The highest BCUT2D eigenvalue weighted by atomic mass is 16.7. The number of aliphatic hydroxyl groups is 1. The van der Waals surface area contributed by atoms with Crippen molar-refractivity contribution in [2.45, 2.75) is 38.5 Å². The topological polar surface area (TPSA) is 77.0 Å². The third kappa shape index (κ3) is 3.65. The molecule has 6 heteroatoms. The fraction of sp³-hybridized carbons (Fsp3) is 0.917. The van der Waals surface area contributed by atoms with Gasteiger partial charge in [-0.05, 0) is 20.8 Å². The first-order valence-electron chi connectivity index (χ1n) is 6.09. The molecule has 0 aliphatic carbocycles. The van der Waals surface area contributed by atoms with Crippen molar-refractivity contribution in [3.63, 3.8) is 0 Å². The molecule has 2 N–H and O–H groups in total. The fourth-order valence-corrected chi connectivity index (χ4v) is 2.04. The van der Waals surface area contributed by atoms with Gasteiger partial charge in [-0.2, -0.15) is 0 Å². The van der Waals surface area contributed by atoms with Gasteiger partial charge in [0.25, 0.3) is 0 Å². The van der Waals surface area contributed by atoms with Crippen LogP contribution in [0.4, 0.5) is 0 Å². The third-order valence-electron chi connectivity index (χ3n) is 3.17. The molecule has 1 saturated heterocycles. The Morgan fingerprint density at radius 2 is 2.11 bits per heavy atom. The fourth-order valence-electron chi connectivity index (χ4n) is 2.04. The zero-order valence-corrected chi connectivity index (χ0v) is 11.4. The lowest BCUT2D eigenvalue weighted by atomic mass is 9.76. The zero-order chi connectivity index (χ0) is 13.8. The summed E-state index contributed by atoms with van der Waals surface area (Å²) in [6.45, 7) is 6.36. The molecule has 1 aliphatic rings. The number of carbonyl (C=O) groups excluding carboxylic acids is 1. The van der Waals surface area contributed by atoms with Gasteiger partial charge in [-0.3, -0.25) is 4.79 Å². The SMILES string of the molecule is COCCOCOC(C)(C)[C@H]1C(=O)N[C@H]1C(C)O.